The molecule has 0 aliphatic carbocycles. The molecule has 1 aromatic heterocycles. The number of nitrogen functional groups attached to an aromatic ring is 1. The molecule has 1 heterocycles. The minimum atomic E-state index is -2.49. The molecule has 0 bridgehead atoms. The lowest BCUT2D eigenvalue weighted by Crippen LogP contribution is -2.16. The predicted molar refractivity (Wildman–Crippen MR) is 65.3 cm³/mol. The number of alkyl halides is 2. The number of rotatable bonds is 7. The van der Waals surface area contributed by atoms with Gasteiger partial charge in [0.05, 0.1) is 25.0 Å². The summed E-state index contributed by atoms with van der Waals surface area (Å²) in [5.41, 5.74) is 6.07. The molecular formula is C11H15F2N3O3. The van der Waals surface area contributed by atoms with E-state index >= 15 is 0 Å². The van der Waals surface area contributed by atoms with Crippen LogP contribution in [-0.4, -0.2) is 44.2 Å². The van der Waals surface area contributed by atoms with Gasteiger partial charge >= 0.3 is 5.97 Å². The first-order chi connectivity index (χ1) is 9.06. The van der Waals surface area contributed by atoms with E-state index in [0.29, 0.717) is 0 Å². The Kier molecular flexibility index (Phi) is 5.94. The van der Waals surface area contributed by atoms with Gasteiger partial charge in [-0.25, -0.2) is 18.6 Å². The van der Waals surface area contributed by atoms with Gasteiger partial charge in [0.15, 0.2) is 0 Å². The molecule has 1 rings (SSSR count). The molecule has 0 fully saturated rings. The topological polar surface area (TPSA) is 86.5 Å². The summed E-state index contributed by atoms with van der Waals surface area (Å²) < 4.78 is 32.8. The summed E-state index contributed by atoms with van der Waals surface area (Å²) >= 11 is 0. The van der Waals surface area contributed by atoms with E-state index in [2.05, 4.69) is 19.8 Å². The van der Waals surface area contributed by atoms with Crippen LogP contribution < -0.4 is 11.1 Å². The molecule has 3 N–H and O–H groups in total. The van der Waals surface area contributed by atoms with Gasteiger partial charge in [0.25, 0.3) is 6.43 Å². The molecule has 0 saturated carbocycles. The first kappa shape index (κ1) is 15.1. The third-order valence-corrected chi connectivity index (χ3v) is 2.18. The molecule has 0 atom stereocenters. The van der Waals surface area contributed by atoms with Crippen LogP contribution in [-0.2, 0) is 9.47 Å². The Balaban J connectivity index is 2.52. The first-order valence-corrected chi connectivity index (χ1v) is 5.48. The third kappa shape index (κ3) is 4.66. The molecule has 8 heteroatoms. The van der Waals surface area contributed by atoms with Gasteiger partial charge in [0.2, 0.25) is 0 Å². The second-order valence-electron chi connectivity index (χ2n) is 3.51. The van der Waals surface area contributed by atoms with E-state index in [1.807, 2.05) is 0 Å². The molecule has 0 aromatic carbocycles. The maximum absolute atomic E-state index is 11.8. The Morgan fingerprint density at radius 1 is 1.58 bits per heavy atom. The van der Waals surface area contributed by atoms with E-state index in [4.69, 9.17) is 5.73 Å². The number of methoxy groups -OCH3 is 1. The fourth-order valence-corrected chi connectivity index (χ4v) is 1.32. The monoisotopic (exact) mass is 275 g/mol. The van der Waals surface area contributed by atoms with Crippen LogP contribution >= 0.6 is 0 Å². The highest BCUT2D eigenvalue weighted by Crippen LogP contribution is 2.20. The van der Waals surface area contributed by atoms with Gasteiger partial charge in [-0.05, 0) is 6.07 Å². The molecule has 0 aliphatic heterocycles. The quantitative estimate of drug-likeness (QED) is 0.573. The molecule has 106 valence electrons. The normalized spacial score (nSPS) is 10.5. The second-order valence-corrected chi connectivity index (χ2v) is 3.51. The van der Waals surface area contributed by atoms with Crippen LogP contribution in [0.4, 0.5) is 20.3 Å². The lowest BCUT2D eigenvalue weighted by Gasteiger charge is -2.10. The Hall–Kier alpha value is -1.96. The summed E-state index contributed by atoms with van der Waals surface area (Å²) in [5, 5.41) is 2.79. The minimum Gasteiger partial charge on any atom is -0.465 e. The number of nitrogens with one attached hydrogen (secondary N) is 1. The number of anilines is 2. The van der Waals surface area contributed by atoms with Crippen molar-refractivity contribution in [3.8, 4) is 0 Å². The number of hydrogen-bond donors (Lipinski definition) is 2. The maximum Gasteiger partial charge on any atom is 0.340 e. The van der Waals surface area contributed by atoms with Gasteiger partial charge < -0.3 is 20.5 Å². The Bertz CT molecular complexity index is 430. The highest BCUT2D eigenvalue weighted by Gasteiger charge is 2.13. The van der Waals surface area contributed by atoms with E-state index in [9.17, 15) is 13.6 Å². The Morgan fingerprint density at radius 3 is 2.95 bits per heavy atom. The number of nitrogens with two attached hydrogens (primary N) is 1. The maximum atomic E-state index is 11.8. The smallest absolute Gasteiger partial charge is 0.340 e. The molecule has 19 heavy (non-hydrogen) atoms. The lowest BCUT2D eigenvalue weighted by atomic mass is 10.2. The van der Waals surface area contributed by atoms with Gasteiger partial charge in [-0.1, -0.05) is 0 Å². The molecule has 0 amide bonds. The SMILES string of the molecule is COC(=O)c1ccnc(NCCOCC(F)F)c1N. The van der Waals surface area contributed by atoms with Gasteiger partial charge in [-0.2, -0.15) is 0 Å². The standard InChI is InChI=1S/C11H15F2N3O3/c1-18-11(17)7-2-3-15-10(9(7)14)16-4-5-19-6-8(12)13/h2-3,8H,4-6,14H2,1H3,(H,15,16). The number of ether oxygens (including phenoxy) is 2. The van der Waals surface area contributed by atoms with Crippen molar-refractivity contribution in [3.63, 3.8) is 0 Å². The van der Waals surface area contributed by atoms with Crippen molar-refractivity contribution >= 4 is 17.5 Å². The summed E-state index contributed by atoms with van der Waals surface area (Å²) in [6, 6.07) is 1.43. The van der Waals surface area contributed by atoms with Crippen molar-refractivity contribution < 1.29 is 23.0 Å². The average Bonchev–Trinajstić information content (AvgIpc) is 2.39. The number of aromatic nitrogens is 1. The van der Waals surface area contributed by atoms with E-state index in [-0.39, 0.29) is 30.2 Å². The number of nitrogens with zero attached hydrogens (tertiary/aromatic N) is 1. The number of hydrogen-bond acceptors (Lipinski definition) is 6. The summed E-state index contributed by atoms with van der Waals surface area (Å²) in [6.45, 7) is -0.296. The Morgan fingerprint density at radius 2 is 2.32 bits per heavy atom. The first-order valence-electron chi connectivity index (χ1n) is 5.48. The molecule has 6 nitrogen and oxygen atoms in total. The predicted octanol–water partition coefficient (Wildman–Crippen LogP) is 1.14. The molecule has 0 aliphatic rings. The van der Waals surface area contributed by atoms with E-state index < -0.39 is 19.0 Å². The third-order valence-electron chi connectivity index (χ3n) is 2.18. The van der Waals surface area contributed by atoms with E-state index in [1.165, 1.54) is 19.4 Å². The molecular weight excluding hydrogens is 260 g/mol. The highest BCUT2D eigenvalue weighted by molar-refractivity contribution is 5.97. The lowest BCUT2D eigenvalue weighted by molar-refractivity contribution is 0.0214. The molecule has 1 aromatic rings. The molecule has 0 spiro atoms. The fraction of sp³-hybridized carbons (Fsp3) is 0.455. The van der Waals surface area contributed by atoms with Crippen molar-refractivity contribution in [1.82, 2.24) is 4.98 Å². The van der Waals surface area contributed by atoms with Gasteiger partial charge in [0, 0.05) is 12.7 Å². The van der Waals surface area contributed by atoms with Gasteiger partial charge in [-0.3, -0.25) is 0 Å². The van der Waals surface area contributed by atoms with Crippen molar-refractivity contribution in [2.24, 2.45) is 0 Å². The Labute approximate surface area is 108 Å². The molecule has 0 unspecified atom stereocenters. The largest absolute Gasteiger partial charge is 0.465 e. The van der Waals surface area contributed by atoms with Gasteiger partial charge in [0.1, 0.15) is 12.4 Å². The van der Waals surface area contributed by atoms with Crippen LogP contribution in [0.25, 0.3) is 0 Å². The number of carbonyl (C=O) groups excluding carboxylic acids is 1. The zero-order valence-electron chi connectivity index (χ0n) is 10.4. The average molecular weight is 275 g/mol. The summed E-state index contributed by atoms with van der Waals surface area (Å²) in [4.78, 5) is 15.3. The van der Waals surface area contributed by atoms with Crippen LogP contribution in [0.1, 0.15) is 10.4 Å². The zero-order valence-corrected chi connectivity index (χ0v) is 10.4. The summed E-state index contributed by atoms with van der Waals surface area (Å²) in [6.07, 6.45) is -1.10. The molecule has 0 saturated heterocycles. The van der Waals surface area contributed by atoms with Crippen molar-refractivity contribution in [2.45, 2.75) is 6.43 Å². The van der Waals surface area contributed by atoms with Crippen molar-refractivity contribution in [1.29, 1.82) is 0 Å². The number of halogens is 2. The summed E-state index contributed by atoms with van der Waals surface area (Å²) in [7, 11) is 1.24. The van der Waals surface area contributed by atoms with Crippen molar-refractivity contribution in [2.75, 3.05) is 37.9 Å². The highest BCUT2D eigenvalue weighted by atomic mass is 19.3. The summed E-state index contributed by atoms with van der Waals surface area (Å²) in [5.74, 6) is -0.291. The van der Waals surface area contributed by atoms with E-state index in [0.717, 1.165) is 0 Å². The van der Waals surface area contributed by atoms with Crippen LogP contribution in [0, 0.1) is 0 Å². The van der Waals surface area contributed by atoms with Crippen LogP contribution in [0.2, 0.25) is 0 Å². The minimum absolute atomic E-state index is 0.0773. The number of carbonyl (C=O) groups is 1. The van der Waals surface area contributed by atoms with Gasteiger partial charge in [-0.15, -0.1) is 0 Å². The van der Waals surface area contributed by atoms with Crippen LogP contribution in [0.5, 0.6) is 0 Å². The number of esters is 1. The van der Waals surface area contributed by atoms with Crippen LogP contribution in [0.3, 0.4) is 0 Å². The van der Waals surface area contributed by atoms with Crippen molar-refractivity contribution in [3.05, 3.63) is 17.8 Å². The number of pyridine rings is 1. The zero-order chi connectivity index (χ0) is 14.3. The van der Waals surface area contributed by atoms with E-state index in [1.54, 1.807) is 0 Å². The second kappa shape index (κ2) is 7.47. The molecule has 0 radical (unpaired) electrons. The fourth-order valence-electron chi connectivity index (χ4n) is 1.32. The van der Waals surface area contributed by atoms with Crippen LogP contribution in [0.15, 0.2) is 12.3 Å².